The Labute approximate surface area is 77.4 Å². The molecule has 68 valence electrons. The Balaban J connectivity index is 1.96. The minimum Gasteiger partial charge on any atom is -0.360 e. The zero-order valence-electron chi connectivity index (χ0n) is 7.42. The van der Waals surface area contributed by atoms with Gasteiger partial charge < -0.3 is 5.32 Å². The smallest absolute Gasteiger partial charge is 0.202 e. The zero-order chi connectivity index (χ0) is 8.65. The third-order valence-corrected chi connectivity index (χ3v) is 2.29. The van der Waals surface area contributed by atoms with Gasteiger partial charge in [0.15, 0.2) is 0 Å². The van der Waals surface area contributed by atoms with Crippen LogP contribution in [0, 0.1) is 0 Å². The van der Waals surface area contributed by atoms with E-state index in [1.54, 1.807) is 6.33 Å². The summed E-state index contributed by atoms with van der Waals surface area (Å²) in [6.07, 6.45) is 6.74. The van der Waals surface area contributed by atoms with E-state index in [0.717, 1.165) is 11.7 Å². The number of rotatable bonds is 6. The summed E-state index contributed by atoms with van der Waals surface area (Å²) in [5, 5.41) is 4.17. The van der Waals surface area contributed by atoms with E-state index in [9.17, 15) is 0 Å². The van der Waals surface area contributed by atoms with Crippen LogP contribution in [-0.4, -0.2) is 15.9 Å². The van der Waals surface area contributed by atoms with Crippen LogP contribution in [0.1, 0.15) is 32.6 Å². The van der Waals surface area contributed by atoms with Crippen molar-refractivity contribution in [1.29, 1.82) is 0 Å². The maximum absolute atomic E-state index is 4.03. The normalized spacial score (nSPS) is 10.1. The van der Waals surface area contributed by atoms with Crippen LogP contribution in [0.25, 0.3) is 0 Å². The first kappa shape index (κ1) is 9.45. The molecular formula is C8H15N3S. The molecule has 0 saturated carbocycles. The number of unbranched alkanes of at least 4 members (excludes halogenated alkanes) is 3. The Morgan fingerprint density at radius 2 is 2.33 bits per heavy atom. The molecule has 12 heavy (non-hydrogen) atoms. The summed E-state index contributed by atoms with van der Waals surface area (Å²) >= 11 is 1.41. The van der Waals surface area contributed by atoms with Crippen LogP contribution in [0.15, 0.2) is 6.33 Å². The molecule has 0 amide bonds. The zero-order valence-corrected chi connectivity index (χ0v) is 8.23. The quantitative estimate of drug-likeness (QED) is 0.692. The van der Waals surface area contributed by atoms with E-state index in [1.165, 1.54) is 37.2 Å². The predicted molar refractivity (Wildman–Crippen MR) is 52.5 cm³/mol. The highest BCUT2D eigenvalue weighted by Gasteiger charge is 1.93. The van der Waals surface area contributed by atoms with Crippen LogP contribution in [0.5, 0.6) is 0 Å². The van der Waals surface area contributed by atoms with E-state index in [2.05, 4.69) is 21.6 Å². The summed E-state index contributed by atoms with van der Waals surface area (Å²) in [5.41, 5.74) is 0. The van der Waals surface area contributed by atoms with Gasteiger partial charge in [-0.3, -0.25) is 0 Å². The van der Waals surface area contributed by atoms with E-state index in [0.29, 0.717) is 0 Å². The molecule has 0 radical (unpaired) electrons. The number of anilines is 1. The van der Waals surface area contributed by atoms with E-state index in [4.69, 9.17) is 0 Å². The summed E-state index contributed by atoms with van der Waals surface area (Å²) in [6.45, 7) is 3.24. The second kappa shape index (κ2) is 5.94. The molecule has 0 fully saturated rings. The van der Waals surface area contributed by atoms with Crippen molar-refractivity contribution in [2.45, 2.75) is 32.6 Å². The molecule has 1 aromatic heterocycles. The molecule has 4 heteroatoms. The molecule has 3 nitrogen and oxygen atoms in total. The van der Waals surface area contributed by atoms with Gasteiger partial charge in [-0.15, -0.1) is 0 Å². The molecule has 1 N–H and O–H groups in total. The minimum atomic E-state index is 0.937. The van der Waals surface area contributed by atoms with Crippen molar-refractivity contribution in [3.63, 3.8) is 0 Å². The molecule has 1 rings (SSSR count). The monoisotopic (exact) mass is 185 g/mol. The fourth-order valence-corrected chi connectivity index (χ4v) is 1.45. The Bertz CT molecular complexity index is 186. The van der Waals surface area contributed by atoms with Gasteiger partial charge in [0.05, 0.1) is 0 Å². The third-order valence-electron chi connectivity index (χ3n) is 1.67. The largest absolute Gasteiger partial charge is 0.360 e. The first-order valence-corrected chi connectivity index (χ1v) is 5.21. The Hall–Kier alpha value is -0.640. The van der Waals surface area contributed by atoms with Crippen LogP contribution < -0.4 is 5.32 Å². The second-order valence-corrected chi connectivity index (χ2v) is 3.51. The second-order valence-electron chi connectivity index (χ2n) is 2.73. The van der Waals surface area contributed by atoms with Crippen LogP contribution in [0.4, 0.5) is 5.13 Å². The van der Waals surface area contributed by atoms with Crippen molar-refractivity contribution in [3.8, 4) is 0 Å². The SMILES string of the molecule is CCCCCCNc1ncns1. The molecule has 0 aromatic carbocycles. The molecule has 0 aliphatic carbocycles. The molecule has 0 unspecified atom stereocenters. The Kier molecular flexibility index (Phi) is 4.68. The van der Waals surface area contributed by atoms with Gasteiger partial charge in [0.25, 0.3) is 0 Å². The first-order chi connectivity index (χ1) is 5.93. The standard InChI is InChI=1S/C8H15N3S/c1-2-3-4-5-6-9-8-10-7-11-12-8/h7H,2-6H2,1H3,(H,9,10,11). The number of nitrogens with one attached hydrogen (secondary N) is 1. The van der Waals surface area contributed by atoms with Crippen molar-refractivity contribution in [2.75, 3.05) is 11.9 Å². The lowest BCUT2D eigenvalue weighted by molar-refractivity contribution is 0.685. The lowest BCUT2D eigenvalue weighted by Gasteiger charge is -2.00. The number of nitrogens with zero attached hydrogens (tertiary/aromatic N) is 2. The highest BCUT2D eigenvalue weighted by Crippen LogP contribution is 2.07. The minimum absolute atomic E-state index is 0.937. The van der Waals surface area contributed by atoms with Gasteiger partial charge >= 0.3 is 0 Å². The summed E-state index contributed by atoms with van der Waals surface area (Å²) < 4.78 is 3.91. The van der Waals surface area contributed by atoms with Gasteiger partial charge in [0, 0.05) is 18.1 Å². The van der Waals surface area contributed by atoms with Crippen LogP contribution in [0.3, 0.4) is 0 Å². The average Bonchev–Trinajstić information content (AvgIpc) is 2.57. The van der Waals surface area contributed by atoms with Gasteiger partial charge in [0.2, 0.25) is 5.13 Å². The summed E-state index contributed by atoms with van der Waals surface area (Å²) in [6, 6.07) is 0. The van der Waals surface area contributed by atoms with Crippen molar-refractivity contribution in [3.05, 3.63) is 6.33 Å². The molecule has 0 bridgehead atoms. The summed E-state index contributed by atoms with van der Waals surface area (Å²) in [5.74, 6) is 0. The van der Waals surface area contributed by atoms with Gasteiger partial charge in [-0.05, 0) is 6.42 Å². The fraction of sp³-hybridized carbons (Fsp3) is 0.750. The van der Waals surface area contributed by atoms with E-state index in [-0.39, 0.29) is 0 Å². The van der Waals surface area contributed by atoms with Crippen LogP contribution >= 0.6 is 11.5 Å². The highest BCUT2D eigenvalue weighted by atomic mass is 32.1. The van der Waals surface area contributed by atoms with Crippen molar-refractivity contribution in [2.24, 2.45) is 0 Å². The van der Waals surface area contributed by atoms with Crippen molar-refractivity contribution >= 4 is 16.7 Å². The maximum Gasteiger partial charge on any atom is 0.202 e. The molecule has 0 aliphatic rings. The molecule has 0 atom stereocenters. The van der Waals surface area contributed by atoms with E-state index < -0.39 is 0 Å². The van der Waals surface area contributed by atoms with Crippen molar-refractivity contribution in [1.82, 2.24) is 9.36 Å². The highest BCUT2D eigenvalue weighted by molar-refractivity contribution is 7.09. The van der Waals surface area contributed by atoms with Crippen LogP contribution in [-0.2, 0) is 0 Å². The van der Waals surface area contributed by atoms with E-state index in [1.807, 2.05) is 0 Å². The van der Waals surface area contributed by atoms with Crippen molar-refractivity contribution < 1.29 is 0 Å². The van der Waals surface area contributed by atoms with Gasteiger partial charge in [-0.2, -0.15) is 4.37 Å². The van der Waals surface area contributed by atoms with E-state index >= 15 is 0 Å². The number of aromatic nitrogens is 2. The molecular weight excluding hydrogens is 170 g/mol. The Morgan fingerprint density at radius 3 is 3.00 bits per heavy atom. The lowest BCUT2D eigenvalue weighted by Crippen LogP contribution is -2.00. The number of hydrogen-bond donors (Lipinski definition) is 1. The number of hydrogen-bond acceptors (Lipinski definition) is 4. The molecule has 1 aromatic rings. The van der Waals surface area contributed by atoms with Crippen LogP contribution in [0.2, 0.25) is 0 Å². The third kappa shape index (κ3) is 3.67. The first-order valence-electron chi connectivity index (χ1n) is 4.44. The molecule has 0 spiro atoms. The molecule has 1 heterocycles. The molecule has 0 aliphatic heterocycles. The average molecular weight is 185 g/mol. The predicted octanol–water partition coefficient (Wildman–Crippen LogP) is 2.53. The van der Waals surface area contributed by atoms with Gasteiger partial charge in [0.1, 0.15) is 6.33 Å². The summed E-state index contributed by atoms with van der Waals surface area (Å²) in [4.78, 5) is 4.03. The lowest BCUT2D eigenvalue weighted by atomic mass is 10.2. The fourth-order valence-electron chi connectivity index (χ4n) is 0.998. The maximum atomic E-state index is 4.03. The van der Waals surface area contributed by atoms with Gasteiger partial charge in [-0.1, -0.05) is 26.2 Å². The van der Waals surface area contributed by atoms with Gasteiger partial charge in [-0.25, -0.2) is 4.98 Å². The summed E-state index contributed by atoms with van der Waals surface area (Å²) in [7, 11) is 0. The molecule has 0 saturated heterocycles. The topological polar surface area (TPSA) is 37.8 Å². The Morgan fingerprint density at radius 1 is 1.42 bits per heavy atom.